The van der Waals surface area contributed by atoms with Crippen molar-refractivity contribution in [1.82, 2.24) is 9.89 Å². The third-order valence-electron chi connectivity index (χ3n) is 11.2. The van der Waals surface area contributed by atoms with Gasteiger partial charge < -0.3 is 20.6 Å². The molecule has 5 aromatic carbocycles. The number of carbonyl (C=O) groups is 3. The first-order chi connectivity index (χ1) is 29.9. The number of benzene rings is 5. The highest BCUT2D eigenvalue weighted by molar-refractivity contribution is 6.40. The van der Waals surface area contributed by atoms with Crippen LogP contribution in [0.25, 0.3) is 5.57 Å². The van der Waals surface area contributed by atoms with E-state index in [0.717, 1.165) is 69.2 Å². The van der Waals surface area contributed by atoms with Gasteiger partial charge in [-0.3, -0.25) is 14.4 Å². The molecule has 0 fully saturated rings. The van der Waals surface area contributed by atoms with Gasteiger partial charge in [-0.15, -0.1) is 0 Å². The molecule has 0 spiro atoms. The summed E-state index contributed by atoms with van der Waals surface area (Å²) in [5, 5.41) is 20.6. The lowest BCUT2D eigenvalue weighted by atomic mass is 9.78. The summed E-state index contributed by atoms with van der Waals surface area (Å²) >= 11 is 0. The normalized spacial score (nSPS) is 14.6. The number of hydrogen-bond donors (Lipinski definition) is 2. The number of Topliss-reactive ketones (excluding diaryl/α,β-unsaturated/α-hetero) is 1. The lowest BCUT2D eigenvalue weighted by Crippen LogP contribution is -2.34. The van der Waals surface area contributed by atoms with Gasteiger partial charge in [-0.05, 0) is 83.0 Å². The second-order valence-corrected chi connectivity index (χ2v) is 16.2. The summed E-state index contributed by atoms with van der Waals surface area (Å²) in [5.74, 6) is -1.31. The van der Waals surface area contributed by atoms with Crippen molar-refractivity contribution in [2.24, 2.45) is 0 Å². The van der Waals surface area contributed by atoms with Gasteiger partial charge >= 0.3 is 0 Å². The Kier molecular flexibility index (Phi) is 13.3. The Morgan fingerprint density at radius 3 is 1.55 bits per heavy atom. The first-order valence-electron chi connectivity index (χ1n) is 21.5. The first kappa shape index (κ1) is 43.0. The van der Waals surface area contributed by atoms with Crippen molar-refractivity contribution in [2.45, 2.75) is 80.1 Å². The molecule has 0 bridgehead atoms. The lowest BCUT2D eigenvalue weighted by molar-refractivity contribution is -0.297. The predicted octanol–water partition coefficient (Wildman–Crippen LogP) is 11.2. The third kappa shape index (κ3) is 9.45. The van der Waals surface area contributed by atoms with E-state index in [1.54, 1.807) is 12.1 Å². The van der Waals surface area contributed by atoms with E-state index < -0.39 is 11.5 Å². The van der Waals surface area contributed by atoms with Crippen LogP contribution in [0.5, 0.6) is 0 Å². The summed E-state index contributed by atoms with van der Waals surface area (Å²) in [6.45, 7) is 12.2. The summed E-state index contributed by atoms with van der Waals surface area (Å²) in [6, 6.07) is 38.2. The highest BCUT2D eigenvalue weighted by Crippen LogP contribution is 2.44. The summed E-state index contributed by atoms with van der Waals surface area (Å²) in [6.07, 6.45) is 9.12. The van der Waals surface area contributed by atoms with Crippen LogP contribution in [-0.2, 0) is 14.4 Å². The third-order valence-corrected chi connectivity index (χ3v) is 11.2. The molecule has 0 unspecified atom stereocenters. The van der Waals surface area contributed by atoms with E-state index in [1.807, 2.05) is 163 Å². The van der Waals surface area contributed by atoms with Crippen LogP contribution in [-0.4, -0.2) is 23.3 Å². The van der Waals surface area contributed by atoms with Crippen molar-refractivity contribution < 1.29 is 19.5 Å². The molecule has 2 aliphatic carbocycles. The minimum absolute atomic E-state index is 0.0113. The SMILES string of the molecule is CCCCC(=O)NC1=CC(=[N+](c2ccc(C)cc2)c2ccc(C)cc2)C=CC1=C1C(=O)C(c2ccc(N(c3ccc(C)cc3)c3ccc(C)cc3)cc2NC(=O)CCCC)=C1[O-]. The van der Waals surface area contributed by atoms with Crippen molar-refractivity contribution in [1.29, 1.82) is 0 Å². The maximum atomic E-state index is 14.5. The highest BCUT2D eigenvalue weighted by atomic mass is 16.3. The van der Waals surface area contributed by atoms with Crippen LogP contribution < -0.4 is 25.2 Å². The van der Waals surface area contributed by atoms with Gasteiger partial charge in [0.1, 0.15) is 0 Å². The molecule has 8 heteroatoms. The zero-order valence-corrected chi connectivity index (χ0v) is 36.5. The topological polar surface area (TPSA) is 105 Å². The first-order valence-corrected chi connectivity index (χ1v) is 21.5. The zero-order valence-electron chi connectivity index (χ0n) is 36.5. The Hall–Kier alpha value is -7.06. The molecule has 62 heavy (non-hydrogen) atoms. The molecule has 2 N–H and O–H groups in total. The largest absolute Gasteiger partial charge is 0.871 e. The van der Waals surface area contributed by atoms with Crippen LogP contribution in [0.15, 0.2) is 156 Å². The number of unbranched alkanes of at least 4 members (excludes halogenated alkanes) is 2. The van der Waals surface area contributed by atoms with E-state index in [0.29, 0.717) is 48.2 Å². The van der Waals surface area contributed by atoms with Gasteiger partial charge in [-0.1, -0.05) is 109 Å². The van der Waals surface area contributed by atoms with Crippen molar-refractivity contribution in [3.05, 3.63) is 184 Å². The molecule has 0 heterocycles. The second kappa shape index (κ2) is 19.1. The Morgan fingerprint density at radius 1 is 0.597 bits per heavy atom. The molecular weight excluding hydrogens is 769 g/mol. The molecule has 0 aliphatic heterocycles. The van der Waals surface area contributed by atoms with Crippen molar-refractivity contribution in [2.75, 3.05) is 10.2 Å². The van der Waals surface area contributed by atoms with E-state index in [-0.39, 0.29) is 23.0 Å². The van der Waals surface area contributed by atoms with Crippen LogP contribution >= 0.6 is 0 Å². The lowest BCUT2D eigenvalue weighted by Gasteiger charge is -2.34. The van der Waals surface area contributed by atoms with Gasteiger partial charge in [0.25, 0.3) is 0 Å². The number of ketones is 1. The monoisotopic (exact) mass is 822 g/mol. The summed E-state index contributed by atoms with van der Waals surface area (Å²) in [5.41, 5.74) is 11.0. The van der Waals surface area contributed by atoms with E-state index in [1.165, 1.54) is 0 Å². The molecule has 8 nitrogen and oxygen atoms in total. The number of hydrogen-bond acceptors (Lipinski definition) is 5. The second-order valence-electron chi connectivity index (χ2n) is 16.2. The maximum Gasteiger partial charge on any atom is 0.224 e. The van der Waals surface area contributed by atoms with Gasteiger partial charge in [-0.2, -0.15) is 4.58 Å². The number of allylic oxidation sites excluding steroid dienone is 5. The predicted molar refractivity (Wildman–Crippen MR) is 251 cm³/mol. The summed E-state index contributed by atoms with van der Waals surface area (Å²) < 4.78 is 2.09. The molecule has 0 aromatic heterocycles. The number of aryl methyl sites for hydroxylation is 4. The van der Waals surface area contributed by atoms with Crippen molar-refractivity contribution in [3.63, 3.8) is 0 Å². The molecule has 0 saturated carbocycles. The van der Waals surface area contributed by atoms with E-state index in [9.17, 15) is 19.5 Å². The average molecular weight is 823 g/mol. The quantitative estimate of drug-likeness (QED) is 0.0857. The highest BCUT2D eigenvalue weighted by Gasteiger charge is 2.35. The molecule has 314 valence electrons. The molecule has 5 aromatic rings. The smallest absolute Gasteiger partial charge is 0.224 e. The number of rotatable bonds is 14. The van der Waals surface area contributed by atoms with Crippen LogP contribution in [0.2, 0.25) is 0 Å². The van der Waals surface area contributed by atoms with Crippen LogP contribution in [0.1, 0.15) is 80.2 Å². The van der Waals surface area contributed by atoms with Crippen LogP contribution in [0, 0.1) is 27.7 Å². The molecular formula is C54H54N4O4. The van der Waals surface area contributed by atoms with Gasteiger partial charge in [-0.25, -0.2) is 0 Å². The number of nitrogens with zero attached hydrogens (tertiary/aromatic N) is 2. The van der Waals surface area contributed by atoms with E-state index in [2.05, 4.69) is 20.1 Å². The molecule has 0 radical (unpaired) electrons. The molecule has 2 amide bonds. The minimum atomic E-state index is -0.452. The number of carbonyl (C=O) groups excluding carboxylic acids is 3. The fraction of sp³-hybridized carbons (Fsp3) is 0.222. The van der Waals surface area contributed by atoms with Crippen LogP contribution in [0.3, 0.4) is 0 Å². The molecule has 0 saturated heterocycles. The number of amides is 2. The zero-order chi connectivity index (χ0) is 43.9. The van der Waals surface area contributed by atoms with Gasteiger partial charge in [0.05, 0.1) is 11.4 Å². The number of anilines is 4. The summed E-state index contributed by atoms with van der Waals surface area (Å²) in [7, 11) is 0. The standard InChI is InChI=1S/C54H54N4O4/c1-7-9-11-49(59)55-47-33-43(57(39-21-13-35(3)14-22-39)40-23-15-36(4)16-24-40)29-31-45(47)51-53(61)52(54(51)62)46-32-30-44(34-48(46)56-50(60)12-10-8-2)58(41-25-17-37(5)18-26-41)42-27-19-38(6)20-28-42/h13-34H,7-12H2,1-6H3,(H2,55,56,59,60,61,62). The van der Waals surface area contributed by atoms with Crippen molar-refractivity contribution >= 4 is 63.0 Å². The van der Waals surface area contributed by atoms with E-state index in [4.69, 9.17) is 0 Å². The van der Waals surface area contributed by atoms with Crippen LogP contribution in [0.4, 0.5) is 34.1 Å². The molecule has 2 aliphatic rings. The average Bonchev–Trinajstić information content (AvgIpc) is 3.26. The van der Waals surface area contributed by atoms with Gasteiger partial charge in [0, 0.05) is 88.6 Å². The Balaban J connectivity index is 1.36. The van der Waals surface area contributed by atoms with E-state index >= 15 is 0 Å². The van der Waals surface area contributed by atoms with Crippen molar-refractivity contribution in [3.8, 4) is 0 Å². The number of nitrogens with one attached hydrogen (secondary N) is 2. The summed E-state index contributed by atoms with van der Waals surface area (Å²) in [4.78, 5) is 43.4. The fourth-order valence-corrected chi connectivity index (χ4v) is 7.64. The van der Waals surface area contributed by atoms with Gasteiger partial charge in [0.2, 0.25) is 28.9 Å². The minimum Gasteiger partial charge on any atom is -0.871 e. The maximum absolute atomic E-state index is 14.5. The van der Waals surface area contributed by atoms with Gasteiger partial charge in [0.15, 0.2) is 5.78 Å². The Bertz CT molecular complexity index is 2570. The molecule has 7 rings (SSSR count). The Labute approximate surface area is 365 Å². The fourth-order valence-electron chi connectivity index (χ4n) is 7.64. The Morgan fingerprint density at radius 2 is 1.06 bits per heavy atom. The molecule has 0 atom stereocenters.